The lowest BCUT2D eigenvalue weighted by molar-refractivity contribution is -0.0977. The quantitative estimate of drug-likeness (QED) is 0.533. The van der Waals surface area contributed by atoms with Crippen molar-refractivity contribution in [3.8, 4) is 0 Å². The Kier molecular flexibility index (Phi) is 1.72. The first-order valence-corrected chi connectivity index (χ1v) is 5.25. The molecule has 0 aliphatic heterocycles. The van der Waals surface area contributed by atoms with Gasteiger partial charge in [-0.3, -0.25) is 0 Å². The first-order chi connectivity index (χ1) is 5.16. The number of hydrogen-bond acceptors (Lipinski definition) is 0. The predicted molar refractivity (Wildman–Crippen MR) is 48.8 cm³/mol. The molecule has 3 fully saturated rings. The van der Waals surface area contributed by atoms with Crippen molar-refractivity contribution in [1.82, 2.24) is 0 Å². The molecule has 0 heterocycles. The summed E-state index contributed by atoms with van der Waals surface area (Å²) in [6, 6.07) is 0. The molecule has 0 nitrogen and oxygen atoms in total. The fourth-order valence-electron chi connectivity index (χ4n) is 3.15. The molecule has 3 aliphatic carbocycles. The van der Waals surface area contributed by atoms with Crippen molar-refractivity contribution in [2.24, 2.45) is 23.2 Å². The van der Waals surface area contributed by atoms with Gasteiger partial charge in [-0.15, -0.1) is 11.6 Å². The molecule has 0 spiro atoms. The van der Waals surface area contributed by atoms with Crippen LogP contribution in [-0.4, -0.2) is 5.88 Å². The van der Waals surface area contributed by atoms with Crippen LogP contribution in [0.3, 0.4) is 0 Å². The Morgan fingerprint density at radius 1 is 1.36 bits per heavy atom. The van der Waals surface area contributed by atoms with E-state index in [0.29, 0.717) is 5.41 Å². The summed E-state index contributed by atoms with van der Waals surface area (Å²) < 4.78 is 0. The van der Waals surface area contributed by atoms with E-state index in [9.17, 15) is 0 Å². The molecule has 0 aromatic carbocycles. The van der Waals surface area contributed by atoms with E-state index < -0.39 is 0 Å². The zero-order chi connectivity index (χ0) is 8.06. The van der Waals surface area contributed by atoms with Crippen LogP contribution in [0.25, 0.3) is 0 Å². The third-order valence-corrected chi connectivity index (χ3v) is 4.60. The highest BCUT2D eigenvalue weighted by molar-refractivity contribution is 6.18. The van der Waals surface area contributed by atoms with Gasteiger partial charge in [-0.25, -0.2) is 0 Å². The molecular weight excluding hydrogens is 156 g/mol. The Bertz CT molecular complexity index is 160. The smallest absolute Gasteiger partial charge is 0.0254 e. The summed E-state index contributed by atoms with van der Waals surface area (Å²) in [5.74, 6) is 3.68. The predicted octanol–water partition coefficient (Wildman–Crippen LogP) is 3.30. The van der Waals surface area contributed by atoms with E-state index in [2.05, 4.69) is 13.8 Å². The lowest BCUT2D eigenvalue weighted by Gasteiger charge is -2.60. The Morgan fingerprint density at radius 2 is 2.09 bits per heavy atom. The first-order valence-electron chi connectivity index (χ1n) is 4.72. The van der Waals surface area contributed by atoms with Crippen LogP contribution in [0, 0.1) is 23.2 Å². The van der Waals surface area contributed by atoms with Gasteiger partial charge >= 0.3 is 0 Å². The van der Waals surface area contributed by atoms with Crippen LogP contribution >= 0.6 is 11.6 Å². The summed E-state index contributed by atoms with van der Waals surface area (Å²) in [6.07, 6.45) is 4.29. The first kappa shape index (κ1) is 7.91. The Hall–Kier alpha value is 0.290. The number of alkyl halides is 1. The second-order valence-electron chi connectivity index (χ2n) is 4.85. The minimum absolute atomic E-state index is 0.623. The van der Waals surface area contributed by atoms with Crippen LogP contribution in [-0.2, 0) is 0 Å². The Morgan fingerprint density at radius 3 is 2.45 bits per heavy atom. The molecule has 0 aromatic rings. The van der Waals surface area contributed by atoms with Crippen LogP contribution in [0.4, 0.5) is 0 Å². The molecule has 3 rings (SSSR count). The molecule has 3 saturated carbocycles. The lowest BCUT2D eigenvalue weighted by Crippen LogP contribution is -2.52. The lowest BCUT2D eigenvalue weighted by atomic mass is 9.46. The van der Waals surface area contributed by atoms with Gasteiger partial charge in [0.05, 0.1) is 0 Å². The Labute approximate surface area is 74.3 Å². The van der Waals surface area contributed by atoms with E-state index in [1.807, 2.05) is 0 Å². The third kappa shape index (κ3) is 0.950. The van der Waals surface area contributed by atoms with Crippen molar-refractivity contribution in [3.05, 3.63) is 0 Å². The minimum Gasteiger partial charge on any atom is -0.126 e. The molecular formula is C10H17Cl. The Balaban J connectivity index is 2.10. The van der Waals surface area contributed by atoms with Gasteiger partial charge in [-0.1, -0.05) is 13.8 Å². The maximum absolute atomic E-state index is 5.93. The third-order valence-electron chi connectivity index (χ3n) is 4.20. The number of rotatable bonds is 1. The maximum atomic E-state index is 5.93. The fourth-order valence-corrected chi connectivity index (χ4v) is 3.52. The summed E-state index contributed by atoms with van der Waals surface area (Å²) >= 11 is 5.93. The average Bonchev–Trinajstić information content (AvgIpc) is 2.04. The normalized spacial score (nSPS) is 46.6. The van der Waals surface area contributed by atoms with Gasteiger partial charge in [0.25, 0.3) is 0 Å². The minimum atomic E-state index is 0.623. The molecule has 2 bridgehead atoms. The molecule has 3 atom stereocenters. The fraction of sp³-hybridized carbons (Fsp3) is 1.00. The van der Waals surface area contributed by atoms with Crippen molar-refractivity contribution < 1.29 is 0 Å². The van der Waals surface area contributed by atoms with E-state index in [1.54, 1.807) is 0 Å². The van der Waals surface area contributed by atoms with Crippen LogP contribution < -0.4 is 0 Å². The maximum Gasteiger partial charge on any atom is 0.0254 e. The highest BCUT2D eigenvalue weighted by Crippen LogP contribution is 2.61. The molecule has 0 N–H and O–H groups in total. The second kappa shape index (κ2) is 2.39. The molecule has 1 heteroatoms. The van der Waals surface area contributed by atoms with Crippen molar-refractivity contribution in [1.29, 1.82) is 0 Å². The van der Waals surface area contributed by atoms with E-state index >= 15 is 0 Å². The van der Waals surface area contributed by atoms with Crippen LogP contribution in [0.2, 0.25) is 0 Å². The second-order valence-corrected chi connectivity index (χ2v) is 5.16. The SMILES string of the molecule is CC1(C)[C@H]2CC[C@@H](CCl)[C@@H]1C2. The summed E-state index contributed by atoms with van der Waals surface area (Å²) in [6.45, 7) is 4.84. The van der Waals surface area contributed by atoms with Gasteiger partial charge in [-0.2, -0.15) is 0 Å². The van der Waals surface area contributed by atoms with Gasteiger partial charge in [0, 0.05) is 5.88 Å². The van der Waals surface area contributed by atoms with Crippen LogP contribution in [0.5, 0.6) is 0 Å². The zero-order valence-corrected chi connectivity index (χ0v) is 8.19. The van der Waals surface area contributed by atoms with Crippen LogP contribution in [0.15, 0.2) is 0 Å². The molecule has 0 radical (unpaired) electrons. The van der Waals surface area contributed by atoms with E-state index in [4.69, 9.17) is 11.6 Å². The molecule has 11 heavy (non-hydrogen) atoms. The van der Waals surface area contributed by atoms with Crippen molar-refractivity contribution >= 4 is 11.6 Å². The highest BCUT2D eigenvalue weighted by Gasteiger charge is 2.53. The molecule has 3 aliphatic rings. The number of halogens is 1. The monoisotopic (exact) mass is 172 g/mol. The summed E-state index contributed by atoms with van der Waals surface area (Å²) in [5, 5.41) is 0. The molecule has 64 valence electrons. The van der Waals surface area contributed by atoms with E-state index in [-0.39, 0.29) is 0 Å². The topological polar surface area (TPSA) is 0 Å². The van der Waals surface area contributed by atoms with Crippen molar-refractivity contribution in [2.75, 3.05) is 5.88 Å². The van der Waals surface area contributed by atoms with Gasteiger partial charge in [-0.05, 0) is 42.4 Å². The zero-order valence-electron chi connectivity index (χ0n) is 7.44. The van der Waals surface area contributed by atoms with E-state index in [1.165, 1.54) is 19.3 Å². The molecule has 0 aromatic heterocycles. The van der Waals surface area contributed by atoms with Gasteiger partial charge in [0.15, 0.2) is 0 Å². The standard InChI is InChI=1S/C10H17Cl/c1-10(2)8-4-3-7(6-11)9(10)5-8/h7-9H,3-6H2,1-2H3/t7-,8-,9-/m0/s1. The van der Waals surface area contributed by atoms with Gasteiger partial charge < -0.3 is 0 Å². The van der Waals surface area contributed by atoms with Gasteiger partial charge in [0.1, 0.15) is 0 Å². The summed E-state index contributed by atoms with van der Waals surface area (Å²) in [4.78, 5) is 0. The summed E-state index contributed by atoms with van der Waals surface area (Å²) in [7, 11) is 0. The highest BCUT2D eigenvalue weighted by atomic mass is 35.5. The van der Waals surface area contributed by atoms with E-state index in [0.717, 1.165) is 23.6 Å². The number of hydrogen-bond donors (Lipinski definition) is 0. The van der Waals surface area contributed by atoms with Crippen molar-refractivity contribution in [2.45, 2.75) is 33.1 Å². The largest absolute Gasteiger partial charge is 0.126 e. The molecule has 0 saturated heterocycles. The van der Waals surface area contributed by atoms with Crippen molar-refractivity contribution in [3.63, 3.8) is 0 Å². The van der Waals surface area contributed by atoms with Gasteiger partial charge in [0.2, 0.25) is 0 Å². The number of fused-ring (bicyclic) bond motifs is 2. The summed E-state index contributed by atoms with van der Waals surface area (Å²) in [5.41, 5.74) is 0.623. The molecule has 0 unspecified atom stereocenters. The molecule has 0 amide bonds. The van der Waals surface area contributed by atoms with Crippen LogP contribution in [0.1, 0.15) is 33.1 Å². The average molecular weight is 173 g/mol.